The van der Waals surface area contributed by atoms with Gasteiger partial charge in [0.25, 0.3) is 5.56 Å². The maximum Gasteiger partial charge on any atom is 0.344 e. The van der Waals surface area contributed by atoms with E-state index in [1.165, 1.54) is 18.0 Å². The summed E-state index contributed by atoms with van der Waals surface area (Å²) in [5, 5.41) is 4.94. The van der Waals surface area contributed by atoms with Crippen molar-refractivity contribution in [3.63, 3.8) is 0 Å². The third-order valence-electron chi connectivity index (χ3n) is 5.13. The van der Waals surface area contributed by atoms with Gasteiger partial charge >= 0.3 is 5.97 Å². The molecule has 1 aromatic heterocycles. The van der Waals surface area contributed by atoms with E-state index in [9.17, 15) is 9.59 Å². The molecule has 0 unspecified atom stereocenters. The molecular formula is C25H28BrN3O5. The lowest BCUT2D eigenvalue weighted by Gasteiger charge is -2.15. The van der Waals surface area contributed by atoms with Gasteiger partial charge in [-0.25, -0.2) is 9.78 Å². The summed E-state index contributed by atoms with van der Waals surface area (Å²) < 4.78 is 18.4. The standard InChI is InChI=1S/C25H28BrN3O5/c1-6-16(4)24-28-20-11-10-18(26)12-19(20)25(31)29(24)27-13-17-8-7-9-21(32-5)23(17)33-14-22(30)34-15(2)3/h7-13,15-16H,6,14H2,1-5H3/t16-/m1/s1. The van der Waals surface area contributed by atoms with Gasteiger partial charge in [0.05, 0.1) is 30.3 Å². The van der Waals surface area contributed by atoms with Crippen molar-refractivity contribution in [3.05, 3.63) is 62.6 Å². The third kappa shape index (κ3) is 5.83. The largest absolute Gasteiger partial charge is 0.493 e. The molecule has 1 heterocycles. The quantitative estimate of drug-likeness (QED) is 0.289. The molecule has 0 saturated heterocycles. The van der Waals surface area contributed by atoms with Crippen LogP contribution in [0.15, 0.2) is 50.8 Å². The molecule has 9 heteroatoms. The van der Waals surface area contributed by atoms with E-state index in [2.05, 4.69) is 21.0 Å². The number of aromatic nitrogens is 2. The van der Waals surface area contributed by atoms with Crippen LogP contribution in [-0.2, 0) is 9.53 Å². The van der Waals surface area contributed by atoms with Crippen LogP contribution in [0.5, 0.6) is 11.5 Å². The molecule has 3 rings (SSSR count). The van der Waals surface area contributed by atoms with Gasteiger partial charge in [0, 0.05) is 16.0 Å². The van der Waals surface area contributed by atoms with Gasteiger partial charge in [0.1, 0.15) is 5.82 Å². The predicted molar refractivity (Wildman–Crippen MR) is 135 cm³/mol. The predicted octanol–water partition coefficient (Wildman–Crippen LogP) is 4.89. The van der Waals surface area contributed by atoms with E-state index in [-0.39, 0.29) is 24.2 Å². The van der Waals surface area contributed by atoms with Gasteiger partial charge in [-0.1, -0.05) is 35.8 Å². The van der Waals surface area contributed by atoms with Gasteiger partial charge in [-0.05, 0) is 50.6 Å². The molecule has 3 aromatic rings. The summed E-state index contributed by atoms with van der Waals surface area (Å²) in [5.74, 6) is 0.818. The third-order valence-corrected chi connectivity index (χ3v) is 5.62. The molecule has 0 aliphatic rings. The Hall–Kier alpha value is -3.20. The van der Waals surface area contributed by atoms with E-state index in [1.54, 1.807) is 38.1 Å². The monoisotopic (exact) mass is 529 g/mol. The zero-order valence-electron chi connectivity index (χ0n) is 19.9. The minimum absolute atomic E-state index is 0.00438. The lowest BCUT2D eigenvalue weighted by atomic mass is 10.1. The Kier molecular flexibility index (Phi) is 8.44. The van der Waals surface area contributed by atoms with Crippen LogP contribution in [0.25, 0.3) is 10.9 Å². The minimum Gasteiger partial charge on any atom is -0.493 e. The molecule has 0 aliphatic carbocycles. The maximum atomic E-state index is 13.3. The Morgan fingerprint density at radius 3 is 2.68 bits per heavy atom. The number of carbonyl (C=O) groups is 1. The normalized spacial score (nSPS) is 12.3. The molecule has 0 fully saturated rings. The number of benzene rings is 2. The van der Waals surface area contributed by atoms with Crippen LogP contribution >= 0.6 is 15.9 Å². The van der Waals surface area contributed by atoms with Gasteiger partial charge in [0.2, 0.25) is 0 Å². The Bertz CT molecular complexity index is 1270. The highest BCUT2D eigenvalue weighted by molar-refractivity contribution is 9.10. The number of fused-ring (bicyclic) bond motifs is 1. The summed E-state index contributed by atoms with van der Waals surface area (Å²) in [7, 11) is 1.51. The molecule has 8 nitrogen and oxygen atoms in total. The summed E-state index contributed by atoms with van der Waals surface area (Å²) in [4.78, 5) is 30.0. The number of hydrogen-bond donors (Lipinski definition) is 0. The number of para-hydroxylation sites is 1. The van der Waals surface area contributed by atoms with Crippen LogP contribution in [0.3, 0.4) is 0 Å². The average molecular weight is 530 g/mol. The van der Waals surface area contributed by atoms with Crippen LogP contribution in [0.2, 0.25) is 0 Å². The topological polar surface area (TPSA) is 92.0 Å². The van der Waals surface area contributed by atoms with Crippen LogP contribution < -0.4 is 15.0 Å². The van der Waals surface area contributed by atoms with E-state index in [4.69, 9.17) is 19.2 Å². The van der Waals surface area contributed by atoms with Crippen LogP contribution in [0.1, 0.15) is 51.4 Å². The second-order valence-corrected chi connectivity index (χ2v) is 8.92. The maximum absolute atomic E-state index is 13.3. The highest BCUT2D eigenvalue weighted by atomic mass is 79.9. The first-order valence-corrected chi connectivity index (χ1v) is 11.8. The fourth-order valence-electron chi connectivity index (χ4n) is 3.28. The molecule has 0 N–H and O–H groups in total. The molecule has 0 saturated carbocycles. The van der Waals surface area contributed by atoms with Crippen molar-refractivity contribution in [2.24, 2.45) is 5.10 Å². The van der Waals surface area contributed by atoms with Crippen molar-refractivity contribution >= 4 is 39.0 Å². The highest BCUT2D eigenvalue weighted by Crippen LogP contribution is 2.30. The number of esters is 1. The number of carbonyl (C=O) groups excluding carboxylic acids is 1. The lowest BCUT2D eigenvalue weighted by Crippen LogP contribution is -2.24. The summed E-state index contributed by atoms with van der Waals surface area (Å²) in [6.07, 6.45) is 2.04. The number of nitrogens with zero attached hydrogens (tertiary/aromatic N) is 3. The molecule has 1 atom stereocenters. The molecule has 180 valence electrons. The first kappa shape index (κ1) is 25.4. The second kappa shape index (κ2) is 11.3. The summed E-state index contributed by atoms with van der Waals surface area (Å²) >= 11 is 3.41. The van der Waals surface area contributed by atoms with E-state index in [1.807, 2.05) is 26.0 Å². The first-order valence-electron chi connectivity index (χ1n) is 11.0. The SMILES string of the molecule is CC[C@@H](C)c1nc2ccc(Br)cc2c(=O)n1N=Cc1cccc(OC)c1OCC(=O)OC(C)C. The van der Waals surface area contributed by atoms with Crippen molar-refractivity contribution in [2.45, 2.75) is 46.1 Å². The van der Waals surface area contributed by atoms with Crippen LogP contribution in [-0.4, -0.2) is 41.7 Å². The van der Waals surface area contributed by atoms with Crippen molar-refractivity contribution in [1.82, 2.24) is 9.66 Å². The van der Waals surface area contributed by atoms with Gasteiger partial charge in [0.15, 0.2) is 18.1 Å². The van der Waals surface area contributed by atoms with Crippen molar-refractivity contribution in [2.75, 3.05) is 13.7 Å². The summed E-state index contributed by atoms with van der Waals surface area (Å²) in [6.45, 7) is 7.27. The number of hydrogen-bond acceptors (Lipinski definition) is 7. The molecular weight excluding hydrogens is 502 g/mol. The summed E-state index contributed by atoms with van der Waals surface area (Å²) in [5.41, 5.74) is 0.876. The Morgan fingerprint density at radius 1 is 1.24 bits per heavy atom. The molecule has 2 aromatic carbocycles. The van der Waals surface area contributed by atoms with Crippen molar-refractivity contribution in [3.8, 4) is 11.5 Å². The molecule has 0 bridgehead atoms. The van der Waals surface area contributed by atoms with Crippen molar-refractivity contribution in [1.29, 1.82) is 0 Å². The zero-order valence-corrected chi connectivity index (χ0v) is 21.5. The smallest absolute Gasteiger partial charge is 0.344 e. The molecule has 0 aliphatic heterocycles. The molecule has 34 heavy (non-hydrogen) atoms. The van der Waals surface area contributed by atoms with Crippen molar-refractivity contribution < 1.29 is 19.0 Å². The first-order chi connectivity index (χ1) is 16.2. The fraction of sp³-hybridized carbons (Fsp3) is 0.360. The Labute approximate surface area is 206 Å². The Morgan fingerprint density at radius 2 is 2.00 bits per heavy atom. The van der Waals surface area contributed by atoms with E-state index in [0.717, 1.165) is 10.9 Å². The van der Waals surface area contributed by atoms with Gasteiger partial charge < -0.3 is 14.2 Å². The lowest BCUT2D eigenvalue weighted by molar-refractivity contribution is -0.149. The van der Waals surface area contributed by atoms with E-state index in [0.29, 0.717) is 33.8 Å². The number of methoxy groups -OCH3 is 1. The van der Waals surface area contributed by atoms with E-state index < -0.39 is 5.97 Å². The van der Waals surface area contributed by atoms with E-state index >= 15 is 0 Å². The van der Waals surface area contributed by atoms with Crippen LogP contribution in [0, 0.1) is 0 Å². The highest BCUT2D eigenvalue weighted by Gasteiger charge is 2.17. The number of rotatable bonds is 9. The number of ether oxygens (including phenoxy) is 3. The van der Waals surface area contributed by atoms with Gasteiger partial charge in [-0.2, -0.15) is 9.78 Å². The minimum atomic E-state index is -0.497. The van der Waals surface area contributed by atoms with Gasteiger partial charge in [-0.3, -0.25) is 4.79 Å². The Balaban J connectivity index is 2.06. The van der Waals surface area contributed by atoms with Gasteiger partial charge in [-0.15, -0.1) is 0 Å². The molecule has 0 spiro atoms. The average Bonchev–Trinajstić information content (AvgIpc) is 2.81. The molecule has 0 radical (unpaired) electrons. The number of halogens is 1. The zero-order chi connectivity index (χ0) is 24.8. The second-order valence-electron chi connectivity index (χ2n) is 8.01. The van der Waals surface area contributed by atoms with Crippen LogP contribution in [0.4, 0.5) is 0 Å². The molecule has 0 amide bonds. The summed E-state index contributed by atoms with van der Waals surface area (Å²) in [6, 6.07) is 10.6. The fourth-order valence-corrected chi connectivity index (χ4v) is 3.64.